The van der Waals surface area contributed by atoms with Gasteiger partial charge >= 0.3 is 0 Å². The summed E-state index contributed by atoms with van der Waals surface area (Å²) < 4.78 is 0. The normalized spacial score (nSPS) is 12.5. The van der Waals surface area contributed by atoms with Gasteiger partial charge in [0.1, 0.15) is 5.60 Å². The van der Waals surface area contributed by atoms with E-state index in [-0.39, 0.29) is 38.2 Å². The molecule has 88 valence electrons. The minimum Gasteiger partial charge on any atom is -0.384 e. The quantitative estimate of drug-likeness (QED) is 0.736. The van der Waals surface area contributed by atoms with Gasteiger partial charge in [0.15, 0.2) is 0 Å². The Morgan fingerprint density at radius 3 is 1.86 bits per heavy atom. The molecule has 3 heteroatoms. The standard InChI is InChI=1S/C11H23NO.Dy/c1-5-8-11(13,9-6-2)10(4)12-7-3;/h13H,5-9H2,1-4H3;. The molecular weight excluding hydrogens is 325 g/mol. The molecule has 2 nitrogen and oxygen atoms in total. The van der Waals surface area contributed by atoms with Crippen LogP contribution >= 0.6 is 0 Å². The Labute approximate surface area is 119 Å². The smallest absolute Gasteiger partial charge is 0.102 e. The molecule has 0 fully saturated rings. The van der Waals surface area contributed by atoms with Gasteiger partial charge in [0.25, 0.3) is 0 Å². The maximum absolute atomic E-state index is 10.3. The van der Waals surface area contributed by atoms with Crippen LogP contribution in [0.4, 0.5) is 0 Å². The summed E-state index contributed by atoms with van der Waals surface area (Å²) >= 11 is 0. The summed E-state index contributed by atoms with van der Waals surface area (Å²) in [5, 5.41) is 10.3. The largest absolute Gasteiger partial charge is 0.384 e. The average Bonchev–Trinajstić information content (AvgIpc) is 2.05. The van der Waals surface area contributed by atoms with Crippen molar-refractivity contribution < 1.29 is 43.3 Å². The fraction of sp³-hybridized carbons (Fsp3) is 0.909. The minimum atomic E-state index is -0.639. The van der Waals surface area contributed by atoms with E-state index in [4.69, 9.17) is 0 Å². The first-order valence-electron chi connectivity index (χ1n) is 5.34. The van der Waals surface area contributed by atoms with Crippen LogP contribution in [0.5, 0.6) is 0 Å². The van der Waals surface area contributed by atoms with Crippen molar-refractivity contribution in [3.8, 4) is 0 Å². The van der Waals surface area contributed by atoms with Crippen molar-refractivity contribution in [3.63, 3.8) is 0 Å². The van der Waals surface area contributed by atoms with E-state index in [0.717, 1.165) is 37.9 Å². The summed E-state index contributed by atoms with van der Waals surface area (Å²) in [6.45, 7) is 8.90. The first-order valence-corrected chi connectivity index (χ1v) is 5.34. The molecule has 0 heterocycles. The van der Waals surface area contributed by atoms with Crippen molar-refractivity contribution in [2.24, 2.45) is 4.99 Å². The van der Waals surface area contributed by atoms with Crippen LogP contribution in [0.25, 0.3) is 0 Å². The van der Waals surface area contributed by atoms with Crippen LogP contribution < -0.4 is 0 Å². The second-order valence-electron chi connectivity index (χ2n) is 3.59. The molecule has 0 aliphatic heterocycles. The zero-order valence-electron chi connectivity index (χ0n) is 9.75. The summed E-state index contributed by atoms with van der Waals surface area (Å²) in [5.41, 5.74) is 0.262. The molecule has 0 spiro atoms. The molecule has 0 atom stereocenters. The second-order valence-corrected chi connectivity index (χ2v) is 3.59. The van der Waals surface area contributed by atoms with Crippen molar-refractivity contribution in [2.75, 3.05) is 6.54 Å². The SMILES string of the molecule is CCCC(O)(CCC)C(C)=NCC.[Dy]. The van der Waals surface area contributed by atoms with E-state index in [2.05, 4.69) is 18.8 Å². The number of aliphatic hydroxyl groups is 1. The topological polar surface area (TPSA) is 32.6 Å². The van der Waals surface area contributed by atoms with E-state index in [9.17, 15) is 5.11 Å². The van der Waals surface area contributed by atoms with Crippen LogP contribution in [0.2, 0.25) is 0 Å². The Bertz CT molecular complexity index is 163. The van der Waals surface area contributed by atoms with E-state index in [1.807, 2.05) is 13.8 Å². The predicted octanol–water partition coefficient (Wildman–Crippen LogP) is 2.80. The zero-order valence-corrected chi connectivity index (χ0v) is 11.8. The molecule has 0 saturated heterocycles. The van der Waals surface area contributed by atoms with Crippen LogP contribution in [0.1, 0.15) is 53.4 Å². The first-order chi connectivity index (χ1) is 6.10. The van der Waals surface area contributed by atoms with Gasteiger partial charge in [0.05, 0.1) is 0 Å². The fourth-order valence-electron chi connectivity index (χ4n) is 1.70. The monoisotopic (exact) mass is 349 g/mol. The molecule has 0 aromatic rings. The third-order valence-corrected chi connectivity index (χ3v) is 2.40. The van der Waals surface area contributed by atoms with Gasteiger partial charge in [-0.25, -0.2) is 0 Å². The molecule has 14 heavy (non-hydrogen) atoms. The number of aliphatic imine (C=N–C) groups is 1. The van der Waals surface area contributed by atoms with Gasteiger partial charge in [-0.3, -0.25) is 4.99 Å². The zero-order chi connectivity index (χ0) is 10.3. The number of hydrogen-bond acceptors (Lipinski definition) is 2. The summed E-state index contributed by atoms with van der Waals surface area (Å²) in [6.07, 6.45) is 3.67. The summed E-state index contributed by atoms with van der Waals surface area (Å²) in [7, 11) is 0. The molecule has 0 aliphatic carbocycles. The van der Waals surface area contributed by atoms with Gasteiger partial charge in [-0.05, 0) is 26.7 Å². The number of hydrogen-bond donors (Lipinski definition) is 1. The third-order valence-electron chi connectivity index (χ3n) is 2.40. The molecular formula is C11H23DyNO. The summed E-state index contributed by atoms with van der Waals surface area (Å²) in [6, 6.07) is 0. The fourth-order valence-corrected chi connectivity index (χ4v) is 1.70. The van der Waals surface area contributed by atoms with E-state index in [1.54, 1.807) is 0 Å². The maximum atomic E-state index is 10.3. The van der Waals surface area contributed by atoms with Crippen molar-refractivity contribution in [3.05, 3.63) is 0 Å². The van der Waals surface area contributed by atoms with Gasteiger partial charge in [-0.1, -0.05) is 26.7 Å². The van der Waals surface area contributed by atoms with Crippen LogP contribution in [-0.2, 0) is 0 Å². The van der Waals surface area contributed by atoms with Crippen molar-refractivity contribution in [2.45, 2.75) is 59.0 Å². The Morgan fingerprint density at radius 2 is 1.57 bits per heavy atom. The third kappa shape index (κ3) is 5.70. The van der Waals surface area contributed by atoms with Gasteiger partial charge in [0.2, 0.25) is 0 Å². The minimum absolute atomic E-state index is 0. The summed E-state index contributed by atoms with van der Waals surface area (Å²) in [4.78, 5) is 4.30. The van der Waals surface area contributed by atoms with E-state index < -0.39 is 5.60 Å². The van der Waals surface area contributed by atoms with Crippen LogP contribution in [-0.4, -0.2) is 23.0 Å². The van der Waals surface area contributed by atoms with Crippen molar-refractivity contribution in [1.82, 2.24) is 0 Å². The average molecular weight is 348 g/mol. The van der Waals surface area contributed by atoms with Crippen LogP contribution in [0.15, 0.2) is 4.99 Å². The van der Waals surface area contributed by atoms with E-state index in [1.165, 1.54) is 0 Å². The second kappa shape index (κ2) is 9.15. The van der Waals surface area contributed by atoms with E-state index in [0.29, 0.717) is 0 Å². The molecule has 0 saturated carbocycles. The van der Waals surface area contributed by atoms with Gasteiger partial charge in [-0.2, -0.15) is 0 Å². The van der Waals surface area contributed by atoms with Gasteiger partial charge < -0.3 is 5.11 Å². The molecule has 0 aromatic heterocycles. The van der Waals surface area contributed by atoms with Crippen LogP contribution in [0, 0.1) is 38.2 Å². The van der Waals surface area contributed by atoms with Crippen molar-refractivity contribution in [1.29, 1.82) is 0 Å². The molecule has 0 radical (unpaired) electrons. The summed E-state index contributed by atoms with van der Waals surface area (Å²) in [5.74, 6) is 0. The molecule has 0 unspecified atom stereocenters. The van der Waals surface area contributed by atoms with Crippen molar-refractivity contribution >= 4 is 5.71 Å². The van der Waals surface area contributed by atoms with E-state index >= 15 is 0 Å². The molecule has 0 aliphatic rings. The molecule has 0 aromatic carbocycles. The molecule has 1 N–H and O–H groups in total. The predicted molar refractivity (Wildman–Crippen MR) is 58.4 cm³/mol. The van der Waals surface area contributed by atoms with Gasteiger partial charge in [-0.15, -0.1) is 0 Å². The molecule has 0 bridgehead atoms. The number of nitrogens with zero attached hydrogens (tertiary/aromatic N) is 1. The van der Waals surface area contributed by atoms with Gasteiger partial charge in [0, 0.05) is 50.4 Å². The Kier molecular flexibility index (Phi) is 11.3. The molecule has 0 amide bonds. The van der Waals surface area contributed by atoms with Crippen LogP contribution in [0.3, 0.4) is 0 Å². The first kappa shape index (κ1) is 17.3. The Balaban J connectivity index is 0. The maximum Gasteiger partial charge on any atom is 0.102 e. The molecule has 0 rings (SSSR count). The number of rotatable bonds is 6. The Morgan fingerprint density at radius 1 is 1.14 bits per heavy atom. The Hall–Kier alpha value is 0.903.